The summed E-state index contributed by atoms with van der Waals surface area (Å²) in [5.74, 6) is 0.697. The average Bonchev–Trinajstić information content (AvgIpc) is 2.87. The molecule has 0 aliphatic carbocycles. The zero-order chi connectivity index (χ0) is 16.3. The molecule has 1 unspecified atom stereocenters. The zero-order valence-electron chi connectivity index (χ0n) is 11.8. The minimum atomic E-state index is -4.47. The molecule has 2 aromatic rings. The van der Waals surface area contributed by atoms with E-state index in [1.165, 1.54) is 11.6 Å². The number of aliphatic hydroxyl groups excluding tert-OH is 1. The van der Waals surface area contributed by atoms with Crippen molar-refractivity contribution in [3.05, 3.63) is 36.2 Å². The van der Waals surface area contributed by atoms with Gasteiger partial charge in [-0.3, -0.25) is 0 Å². The van der Waals surface area contributed by atoms with Crippen LogP contribution >= 0.6 is 0 Å². The summed E-state index contributed by atoms with van der Waals surface area (Å²) in [6.45, 7) is 0.141. The first-order valence-corrected chi connectivity index (χ1v) is 6.53. The average molecular weight is 315 g/mol. The number of imidazole rings is 1. The van der Waals surface area contributed by atoms with E-state index >= 15 is 0 Å². The van der Waals surface area contributed by atoms with Crippen LogP contribution < -0.4 is 10.5 Å². The van der Waals surface area contributed by atoms with Crippen molar-refractivity contribution in [2.75, 3.05) is 13.2 Å². The minimum absolute atomic E-state index is 0.0521. The van der Waals surface area contributed by atoms with Gasteiger partial charge < -0.3 is 20.1 Å². The second-order valence-electron chi connectivity index (χ2n) is 4.78. The van der Waals surface area contributed by atoms with Crippen molar-refractivity contribution in [1.82, 2.24) is 9.55 Å². The third kappa shape index (κ3) is 3.77. The Bertz CT molecular complexity index is 623. The Morgan fingerprint density at radius 1 is 1.32 bits per heavy atom. The van der Waals surface area contributed by atoms with Crippen LogP contribution in [0.1, 0.15) is 5.69 Å². The molecule has 3 N–H and O–H groups in total. The second kappa shape index (κ2) is 6.37. The molecule has 0 radical (unpaired) electrons. The first-order valence-electron chi connectivity index (χ1n) is 6.53. The van der Waals surface area contributed by atoms with Gasteiger partial charge in [0.25, 0.3) is 0 Å². The highest BCUT2D eigenvalue weighted by Crippen LogP contribution is 2.30. The molecule has 0 saturated heterocycles. The Labute approximate surface area is 125 Å². The van der Waals surface area contributed by atoms with Crippen molar-refractivity contribution < 1.29 is 23.0 Å². The molecule has 8 heteroatoms. The first-order chi connectivity index (χ1) is 10.3. The van der Waals surface area contributed by atoms with Crippen molar-refractivity contribution in [3.8, 4) is 17.1 Å². The molecule has 120 valence electrons. The molecule has 0 aliphatic heterocycles. The van der Waals surface area contributed by atoms with Gasteiger partial charge in [-0.1, -0.05) is 0 Å². The molecule has 1 aromatic heterocycles. The standard InChI is InChI=1S/C14H16F3N3O2/c1-20-7-12(14(15,16)17)19-13(20)9-2-4-11(5-3-9)22-8-10(21)6-18/h2-5,7,10,21H,6,8,18H2,1H3. The van der Waals surface area contributed by atoms with Crippen LogP contribution in [0.2, 0.25) is 0 Å². The number of nitrogens with two attached hydrogens (primary N) is 1. The Morgan fingerprint density at radius 3 is 2.45 bits per heavy atom. The summed E-state index contributed by atoms with van der Waals surface area (Å²) in [5, 5.41) is 9.30. The zero-order valence-corrected chi connectivity index (χ0v) is 11.8. The number of aliphatic hydroxyl groups is 1. The predicted molar refractivity (Wildman–Crippen MR) is 74.2 cm³/mol. The molecule has 0 saturated carbocycles. The summed E-state index contributed by atoms with van der Waals surface area (Å²) in [5.41, 5.74) is 4.86. The van der Waals surface area contributed by atoms with E-state index < -0.39 is 18.0 Å². The number of ether oxygens (including phenoxy) is 1. The lowest BCUT2D eigenvalue weighted by Gasteiger charge is -2.10. The lowest BCUT2D eigenvalue weighted by molar-refractivity contribution is -0.140. The van der Waals surface area contributed by atoms with E-state index in [4.69, 9.17) is 10.5 Å². The Hall–Kier alpha value is -2.06. The Balaban J connectivity index is 2.15. The largest absolute Gasteiger partial charge is 0.491 e. The normalized spacial score (nSPS) is 13.2. The van der Waals surface area contributed by atoms with Crippen molar-refractivity contribution in [2.45, 2.75) is 12.3 Å². The van der Waals surface area contributed by atoms with E-state index in [2.05, 4.69) is 4.98 Å². The molecule has 0 bridgehead atoms. The fourth-order valence-electron chi connectivity index (χ4n) is 1.83. The molecule has 0 amide bonds. The van der Waals surface area contributed by atoms with Gasteiger partial charge in [0.15, 0.2) is 5.69 Å². The summed E-state index contributed by atoms with van der Waals surface area (Å²) >= 11 is 0. The number of halogens is 3. The first kappa shape index (κ1) is 16.3. The number of alkyl halides is 3. The lowest BCUT2D eigenvalue weighted by Crippen LogP contribution is -2.26. The smallest absolute Gasteiger partial charge is 0.434 e. The van der Waals surface area contributed by atoms with Gasteiger partial charge in [-0.2, -0.15) is 13.2 Å². The number of aryl methyl sites for hydroxylation is 1. The van der Waals surface area contributed by atoms with E-state index in [-0.39, 0.29) is 19.0 Å². The van der Waals surface area contributed by atoms with Crippen LogP contribution in [-0.2, 0) is 13.2 Å². The van der Waals surface area contributed by atoms with Gasteiger partial charge in [-0.05, 0) is 24.3 Å². The van der Waals surface area contributed by atoms with Crippen LogP contribution in [0, 0.1) is 0 Å². The van der Waals surface area contributed by atoms with Crippen molar-refractivity contribution in [3.63, 3.8) is 0 Å². The van der Waals surface area contributed by atoms with Crippen LogP contribution in [-0.4, -0.2) is 33.9 Å². The molecule has 1 aromatic carbocycles. The van der Waals surface area contributed by atoms with Gasteiger partial charge in [0.05, 0.1) is 0 Å². The monoisotopic (exact) mass is 315 g/mol. The van der Waals surface area contributed by atoms with Crippen LogP contribution in [0.4, 0.5) is 13.2 Å². The summed E-state index contributed by atoms with van der Waals surface area (Å²) in [6, 6.07) is 6.40. The molecule has 2 rings (SSSR count). The van der Waals surface area contributed by atoms with Gasteiger partial charge in [0, 0.05) is 25.4 Å². The molecule has 0 fully saturated rings. The fraction of sp³-hybridized carbons (Fsp3) is 0.357. The SMILES string of the molecule is Cn1cc(C(F)(F)F)nc1-c1ccc(OCC(O)CN)cc1. The number of aromatic nitrogens is 2. The fourth-order valence-corrected chi connectivity index (χ4v) is 1.83. The van der Waals surface area contributed by atoms with Gasteiger partial charge >= 0.3 is 6.18 Å². The number of benzene rings is 1. The maximum atomic E-state index is 12.6. The third-order valence-electron chi connectivity index (χ3n) is 2.99. The molecule has 1 heterocycles. The predicted octanol–water partition coefficient (Wildman–Crippen LogP) is 1.80. The van der Waals surface area contributed by atoms with E-state index in [1.807, 2.05) is 0 Å². The highest BCUT2D eigenvalue weighted by Gasteiger charge is 2.34. The number of hydrogen-bond acceptors (Lipinski definition) is 4. The van der Waals surface area contributed by atoms with Crippen LogP contribution in [0.25, 0.3) is 11.4 Å². The van der Waals surface area contributed by atoms with Crippen LogP contribution in [0.5, 0.6) is 5.75 Å². The van der Waals surface area contributed by atoms with Crippen LogP contribution in [0.3, 0.4) is 0 Å². The maximum Gasteiger partial charge on any atom is 0.434 e. The lowest BCUT2D eigenvalue weighted by atomic mass is 10.2. The molecule has 5 nitrogen and oxygen atoms in total. The van der Waals surface area contributed by atoms with Gasteiger partial charge in [0.2, 0.25) is 0 Å². The Kier molecular flexibility index (Phi) is 4.72. The minimum Gasteiger partial charge on any atom is -0.491 e. The summed E-state index contributed by atoms with van der Waals surface area (Å²) in [7, 11) is 1.50. The molecular formula is C14H16F3N3O2. The number of rotatable bonds is 5. The van der Waals surface area contributed by atoms with Crippen molar-refractivity contribution in [1.29, 1.82) is 0 Å². The van der Waals surface area contributed by atoms with Gasteiger partial charge in [0.1, 0.15) is 24.3 Å². The molecular weight excluding hydrogens is 299 g/mol. The molecule has 1 atom stereocenters. The van der Waals surface area contributed by atoms with Crippen molar-refractivity contribution >= 4 is 0 Å². The summed E-state index contributed by atoms with van der Waals surface area (Å²) < 4.78 is 44.5. The Morgan fingerprint density at radius 2 is 1.95 bits per heavy atom. The third-order valence-corrected chi connectivity index (χ3v) is 2.99. The van der Waals surface area contributed by atoms with Crippen LogP contribution in [0.15, 0.2) is 30.5 Å². The maximum absolute atomic E-state index is 12.6. The molecule has 0 spiro atoms. The van der Waals surface area contributed by atoms with Gasteiger partial charge in [-0.25, -0.2) is 4.98 Å². The van der Waals surface area contributed by atoms with E-state index in [0.717, 1.165) is 6.20 Å². The highest BCUT2D eigenvalue weighted by molar-refractivity contribution is 5.57. The molecule has 22 heavy (non-hydrogen) atoms. The summed E-state index contributed by atoms with van der Waals surface area (Å²) in [6.07, 6.45) is -4.29. The van der Waals surface area contributed by atoms with Crippen molar-refractivity contribution in [2.24, 2.45) is 12.8 Å². The van der Waals surface area contributed by atoms with E-state index in [1.54, 1.807) is 24.3 Å². The summed E-state index contributed by atoms with van der Waals surface area (Å²) in [4.78, 5) is 3.61. The van der Waals surface area contributed by atoms with E-state index in [0.29, 0.717) is 11.3 Å². The van der Waals surface area contributed by atoms with Gasteiger partial charge in [-0.15, -0.1) is 0 Å². The number of hydrogen-bond donors (Lipinski definition) is 2. The molecule has 0 aliphatic rings. The topological polar surface area (TPSA) is 73.3 Å². The highest BCUT2D eigenvalue weighted by atomic mass is 19.4. The quantitative estimate of drug-likeness (QED) is 0.882. The number of nitrogens with zero attached hydrogens (tertiary/aromatic N) is 2. The second-order valence-corrected chi connectivity index (χ2v) is 4.78. The van der Waals surface area contributed by atoms with E-state index in [9.17, 15) is 18.3 Å².